The van der Waals surface area contributed by atoms with Crippen molar-refractivity contribution < 1.29 is 18.9 Å². The molecule has 4 heteroatoms. The van der Waals surface area contributed by atoms with Crippen molar-refractivity contribution in [2.24, 2.45) is 0 Å². The van der Waals surface area contributed by atoms with E-state index in [9.17, 15) is 0 Å². The Balaban J connectivity index is 1.77. The predicted octanol–water partition coefficient (Wildman–Crippen LogP) is 3.17. The van der Waals surface area contributed by atoms with Crippen molar-refractivity contribution in [3.63, 3.8) is 0 Å². The highest BCUT2D eigenvalue weighted by molar-refractivity contribution is 5.46. The Kier molecular flexibility index (Phi) is 5.10. The van der Waals surface area contributed by atoms with Gasteiger partial charge in [-0.3, -0.25) is 0 Å². The minimum Gasteiger partial charge on any atom is -0.489 e. The van der Waals surface area contributed by atoms with Crippen LogP contribution in [0, 0.1) is 0 Å². The van der Waals surface area contributed by atoms with E-state index in [1.807, 2.05) is 25.1 Å². The van der Waals surface area contributed by atoms with E-state index in [1.165, 1.54) is 5.57 Å². The first-order chi connectivity index (χ1) is 9.29. The molecule has 1 aromatic carbocycles. The first-order valence-electron chi connectivity index (χ1n) is 6.55. The zero-order chi connectivity index (χ0) is 13.5. The molecule has 19 heavy (non-hydrogen) atoms. The number of hydrogen-bond acceptors (Lipinski definition) is 4. The van der Waals surface area contributed by atoms with Gasteiger partial charge in [-0.2, -0.15) is 0 Å². The maximum absolute atomic E-state index is 5.66. The van der Waals surface area contributed by atoms with Gasteiger partial charge in [-0.15, -0.1) is 0 Å². The summed E-state index contributed by atoms with van der Waals surface area (Å²) in [4.78, 5) is 0. The molecule has 0 aromatic heterocycles. The van der Waals surface area contributed by atoms with E-state index in [2.05, 4.69) is 13.0 Å². The van der Waals surface area contributed by atoms with Gasteiger partial charge in [0.2, 0.25) is 6.79 Å². The van der Waals surface area contributed by atoms with E-state index < -0.39 is 0 Å². The highest BCUT2D eigenvalue weighted by Gasteiger charge is 2.13. The summed E-state index contributed by atoms with van der Waals surface area (Å²) in [5, 5.41) is 0. The monoisotopic (exact) mass is 264 g/mol. The lowest BCUT2D eigenvalue weighted by Gasteiger charge is -2.06. The van der Waals surface area contributed by atoms with Gasteiger partial charge < -0.3 is 18.9 Å². The molecule has 2 rings (SSSR count). The van der Waals surface area contributed by atoms with Gasteiger partial charge in [0.25, 0.3) is 0 Å². The van der Waals surface area contributed by atoms with E-state index in [-0.39, 0.29) is 6.79 Å². The maximum Gasteiger partial charge on any atom is 0.231 e. The molecule has 0 atom stereocenters. The lowest BCUT2D eigenvalue weighted by atomic mass is 10.2. The molecule has 0 spiro atoms. The molecule has 0 saturated heterocycles. The van der Waals surface area contributed by atoms with Crippen molar-refractivity contribution in [2.75, 3.05) is 26.6 Å². The van der Waals surface area contributed by atoms with Gasteiger partial charge in [-0.1, -0.05) is 5.57 Å². The van der Waals surface area contributed by atoms with Crippen LogP contribution in [0.1, 0.15) is 20.3 Å². The fourth-order valence-electron chi connectivity index (χ4n) is 1.73. The van der Waals surface area contributed by atoms with Crippen LogP contribution >= 0.6 is 0 Å². The van der Waals surface area contributed by atoms with Gasteiger partial charge in [0, 0.05) is 12.7 Å². The van der Waals surface area contributed by atoms with Crippen LogP contribution in [0.2, 0.25) is 0 Å². The topological polar surface area (TPSA) is 36.9 Å². The summed E-state index contributed by atoms with van der Waals surface area (Å²) in [6.45, 7) is 6.46. The van der Waals surface area contributed by atoms with Gasteiger partial charge in [0.15, 0.2) is 11.5 Å². The van der Waals surface area contributed by atoms with Gasteiger partial charge in [0.1, 0.15) is 12.4 Å². The summed E-state index contributed by atoms with van der Waals surface area (Å²) >= 11 is 0. The molecular formula is C15H20O4. The zero-order valence-electron chi connectivity index (χ0n) is 11.5. The molecule has 0 radical (unpaired) electrons. The lowest BCUT2D eigenvalue weighted by molar-refractivity contribution is 0.150. The summed E-state index contributed by atoms with van der Waals surface area (Å²) in [6.07, 6.45) is 3.02. The Hall–Kier alpha value is -1.68. The van der Waals surface area contributed by atoms with Gasteiger partial charge in [-0.25, -0.2) is 0 Å². The smallest absolute Gasteiger partial charge is 0.231 e. The average molecular weight is 264 g/mol. The Morgan fingerprint density at radius 3 is 3.00 bits per heavy atom. The molecule has 0 amide bonds. The van der Waals surface area contributed by atoms with E-state index in [0.717, 1.165) is 36.9 Å². The molecular weight excluding hydrogens is 244 g/mol. The van der Waals surface area contributed by atoms with Crippen LogP contribution in [-0.2, 0) is 4.74 Å². The van der Waals surface area contributed by atoms with Gasteiger partial charge >= 0.3 is 0 Å². The normalized spacial score (nSPS) is 13.7. The number of fused-ring (bicyclic) bond motifs is 1. The quantitative estimate of drug-likeness (QED) is 0.560. The van der Waals surface area contributed by atoms with Crippen molar-refractivity contribution in [2.45, 2.75) is 20.3 Å². The van der Waals surface area contributed by atoms with E-state index in [4.69, 9.17) is 18.9 Å². The van der Waals surface area contributed by atoms with Crippen LogP contribution in [0.25, 0.3) is 0 Å². The van der Waals surface area contributed by atoms with Crippen molar-refractivity contribution >= 4 is 0 Å². The van der Waals surface area contributed by atoms with Gasteiger partial charge in [0.05, 0.1) is 6.61 Å². The van der Waals surface area contributed by atoms with Crippen LogP contribution < -0.4 is 14.2 Å². The number of benzene rings is 1. The molecule has 0 unspecified atom stereocenters. The molecule has 104 valence electrons. The molecule has 1 aliphatic rings. The van der Waals surface area contributed by atoms with Crippen LogP contribution in [0.15, 0.2) is 29.8 Å². The van der Waals surface area contributed by atoms with Crippen molar-refractivity contribution in [1.29, 1.82) is 0 Å². The van der Waals surface area contributed by atoms with E-state index in [1.54, 1.807) is 0 Å². The summed E-state index contributed by atoms with van der Waals surface area (Å²) < 4.78 is 21.5. The third-order valence-corrected chi connectivity index (χ3v) is 2.87. The minimum atomic E-state index is 0.287. The molecule has 0 N–H and O–H groups in total. The van der Waals surface area contributed by atoms with Crippen LogP contribution in [-0.4, -0.2) is 26.6 Å². The molecule has 0 aliphatic carbocycles. The van der Waals surface area contributed by atoms with Crippen LogP contribution in [0.4, 0.5) is 0 Å². The van der Waals surface area contributed by atoms with Crippen molar-refractivity contribution in [1.82, 2.24) is 0 Å². The standard InChI is InChI=1S/C15H20O4/c1-3-16-8-6-12(2)7-9-17-13-4-5-14-15(10-13)19-11-18-14/h4-5,7,10H,3,6,8-9,11H2,1-2H3/b12-7+. The lowest BCUT2D eigenvalue weighted by Crippen LogP contribution is -1.97. The molecule has 0 saturated carbocycles. The third kappa shape index (κ3) is 4.17. The van der Waals surface area contributed by atoms with E-state index >= 15 is 0 Å². The third-order valence-electron chi connectivity index (χ3n) is 2.87. The SMILES string of the molecule is CCOCC/C(C)=C/COc1ccc2c(c1)OCO2. The molecule has 0 fully saturated rings. The van der Waals surface area contributed by atoms with Gasteiger partial charge in [-0.05, 0) is 38.5 Å². The second-order valence-corrected chi connectivity index (χ2v) is 4.32. The Bertz CT molecular complexity index is 440. The Labute approximate surface area is 113 Å². The molecule has 0 bridgehead atoms. The average Bonchev–Trinajstić information content (AvgIpc) is 2.86. The first-order valence-corrected chi connectivity index (χ1v) is 6.55. The second kappa shape index (κ2) is 7.04. The second-order valence-electron chi connectivity index (χ2n) is 4.32. The number of ether oxygens (including phenoxy) is 4. The largest absolute Gasteiger partial charge is 0.489 e. The minimum absolute atomic E-state index is 0.287. The van der Waals surface area contributed by atoms with Crippen LogP contribution in [0.3, 0.4) is 0 Å². The number of rotatable bonds is 7. The summed E-state index contributed by atoms with van der Waals surface area (Å²) in [7, 11) is 0. The van der Waals surface area contributed by atoms with E-state index in [0.29, 0.717) is 6.61 Å². The molecule has 1 aromatic rings. The van der Waals surface area contributed by atoms with Crippen molar-refractivity contribution in [3.8, 4) is 17.2 Å². The zero-order valence-corrected chi connectivity index (χ0v) is 11.5. The van der Waals surface area contributed by atoms with Crippen molar-refractivity contribution in [3.05, 3.63) is 29.8 Å². The maximum atomic E-state index is 5.66. The molecule has 1 aliphatic heterocycles. The predicted molar refractivity (Wildman–Crippen MR) is 72.9 cm³/mol. The fraction of sp³-hybridized carbons (Fsp3) is 0.467. The first kappa shape index (κ1) is 13.7. The highest BCUT2D eigenvalue weighted by Crippen LogP contribution is 2.35. The number of hydrogen-bond donors (Lipinski definition) is 0. The summed E-state index contributed by atoms with van der Waals surface area (Å²) in [6, 6.07) is 5.60. The summed E-state index contributed by atoms with van der Waals surface area (Å²) in [5.41, 5.74) is 1.27. The highest BCUT2D eigenvalue weighted by atomic mass is 16.7. The fourth-order valence-corrected chi connectivity index (χ4v) is 1.73. The summed E-state index contributed by atoms with van der Waals surface area (Å²) in [5.74, 6) is 2.31. The molecule has 4 nitrogen and oxygen atoms in total. The molecule has 1 heterocycles. The Morgan fingerprint density at radius 1 is 1.32 bits per heavy atom. The van der Waals surface area contributed by atoms with Crippen LogP contribution in [0.5, 0.6) is 17.2 Å². The Morgan fingerprint density at radius 2 is 2.16 bits per heavy atom.